The molecule has 1 aromatic rings. The van der Waals surface area contributed by atoms with Gasteiger partial charge in [0.05, 0.1) is 37.0 Å². The van der Waals surface area contributed by atoms with E-state index in [0.717, 1.165) is 5.56 Å². The molecule has 1 aromatic carbocycles. The number of aliphatic hydroxyl groups is 1. The largest absolute Gasteiger partial charge is 0.388 e. The van der Waals surface area contributed by atoms with Gasteiger partial charge >= 0.3 is 6.03 Å². The van der Waals surface area contributed by atoms with Crippen molar-refractivity contribution >= 4 is 11.7 Å². The summed E-state index contributed by atoms with van der Waals surface area (Å²) in [5, 5.41) is 21.6. The zero-order valence-electron chi connectivity index (χ0n) is 12.2. The van der Waals surface area contributed by atoms with Crippen molar-refractivity contribution in [3.8, 4) is 6.07 Å². The summed E-state index contributed by atoms with van der Waals surface area (Å²) < 4.78 is 5.19. The second kappa shape index (κ2) is 6.57. The molecule has 0 radical (unpaired) electrons. The van der Waals surface area contributed by atoms with Gasteiger partial charge in [-0.1, -0.05) is 6.07 Å². The number of likely N-dealkylation sites (N-methyl/N-ethyl adjacent to an activating group) is 1. The summed E-state index contributed by atoms with van der Waals surface area (Å²) in [4.78, 5) is 13.9. The molecular formula is C15H19N3O3. The van der Waals surface area contributed by atoms with Crippen molar-refractivity contribution in [3.05, 3.63) is 29.3 Å². The quantitative estimate of drug-likeness (QED) is 0.882. The maximum absolute atomic E-state index is 12.3. The summed E-state index contributed by atoms with van der Waals surface area (Å²) in [6.45, 7) is 4.74. The number of hydrogen-bond acceptors (Lipinski definition) is 4. The number of urea groups is 1. The van der Waals surface area contributed by atoms with E-state index < -0.39 is 6.10 Å². The fourth-order valence-corrected chi connectivity index (χ4v) is 2.37. The van der Waals surface area contributed by atoms with Gasteiger partial charge in [0, 0.05) is 12.2 Å². The predicted octanol–water partition coefficient (Wildman–Crippen LogP) is 1.48. The topological polar surface area (TPSA) is 85.6 Å². The lowest BCUT2D eigenvalue weighted by atomic mass is 10.1. The minimum Gasteiger partial charge on any atom is -0.388 e. The zero-order valence-corrected chi connectivity index (χ0v) is 12.2. The highest BCUT2D eigenvalue weighted by Gasteiger charge is 2.33. The van der Waals surface area contributed by atoms with E-state index >= 15 is 0 Å². The summed E-state index contributed by atoms with van der Waals surface area (Å²) in [7, 11) is 0. The number of rotatable bonds is 3. The second-order valence-corrected chi connectivity index (χ2v) is 5.03. The lowest BCUT2D eigenvalue weighted by molar-refractivity contribution is 0.1000. The minimum absolute atomic E-state index is 0.248. The predicted molar refractivity (Wildman–Crippen MR) is 77.9 cm³/mol. The smallest absolute Gasteiger partial charge is 0.322 e. The summed E-state index contributed by atoms with van der Waals surface area (Å²) in [5.41, 5.74) is 1.96. The lowest BCUT2D eigenvalue weighted by Gasteiger charge is -2.28. The molecular weight excluding hydrogens is 270 g/mol. The van der Waals surface area contributed by atoms with E-state index in [1.54, 1.807) is 23.1 Å². The van der Waals surface area contributed by atoms with E-state index in [-0.39, 0.29) is 18.7 Å². The monoisotopic (exact) mass is 289 g/mol. The molecule has 1 aliphatic heterocycles. The van der Waals surface area contributed by atoms with Gasteiger partial charge in [-0.05, 0) is 31.5 Å². The van der Waals surface area contributed by atoms with Crippen LogP contribution in [0.15, 0.2) is 18.2 Å². The molecule has 2 atom stereocenters. The van der Waals surface area contributed by atoms with Gasteiger partial charge in [0.2, 0.25) is 0 Å². The Morgan fingerprint density at radius 2 is 2.33 bits per heavy atom. The van der Waals surface area contributed by atoms with E-state index in [0.29, 0.717) is 24.4 Å². The highest BCUT2D eigenvalue weighted by molar-refractivity contribution is 5.89. The van der Waals surface area contributed by atoms with Crippen molar-refractivity contribution in [2.45, 2.75) is 26.0 Å². The van der Waals surface area contributed by atoms with E-state index in [2.05, 4.69) is 11.4 Å². The molecule has 0 spiro atoms. The normalized spacial score (nSPS) is 20.9. The number of nitriles is 1. The molecule has 1 heterocycles. The summed E-state index contributed by atoms with van der Waals surface area (Å²) >= 11 is 0. The van der Waals surface area contributed by atoms with Gasteiger partial charge in [-0.15, -0.1) is 0 Å². The van der Waals surface area contributed by atoms with E-state index in [1.807, 2.05) is 13.8 Å². The number of nitrogens with one attached hydrogen (secondary N) is 1. The molecule has 21 heavy (non-hydrogen) atoms. The van der Waals surface area contributed by atoms with Crippen LogP contribution in [-0.4, -0.2) is 47.9 Å². The van der Waals surface area contributed by atoms with Crippen molar-refractivity contribution in [1.82, 2.24) is 4.90 Å². The highest BCUT2D eigenvalue weighted by Crippen LogP contribution is 2.18. The van der Waals surface area contributed by atoms with E-state index in [1.165, 1.54) is 0 Å². The summed E-state index contributed by atoms with van der Waals surface area (Å²) in [5.74, 6) is 0. The Morgan fingerprint density at radius 1 is 1.57 bits per heavy atom. The summed E-state index contributed by atoms with van der Waals surface area (Å²) in [6.07, 6.45) is -0.664. The van der Waals surface area contributed by atoms with Crippen LogP contribution in [-0.2, 0) is 4.74 Å². The van der Waals surface area contributed by atoms with Gasteiger partial charge in [0.15, 0.2) is 0 Å². The number of carbonyl (C=O) groups is 1. The van der Waals surface area contributed by atoms with E-state index in [4.69, 9.17) is 10.00 Å². The van der Waals surface area contributed by atoms with Gasteiger partial charge in [-0.25, -0.2) is 4.79 Å². The molecule has 2 N–H and O–H groups in total. The Kier molecular flexibility index (Phi) is 4.78. The third kappa shape index (κ3) is 3.32. The number of carbonyl (C=O) groups excluding carboxylic acids is 1. The number of aliphatic hydroxyl groups excluding tert-OH is 1. The van der Waals surface area contributed by atoms with Crippen molar-refractivity contribution in [2.75, 3.05) is 25.1 Å². The van der Waals surface area contributed by atoms with Crippen LogP contribution in [0.1, 0.15) is 18.1 Å². The van der Waals surface area contributed by atoms with Crippen molar-refractivity contribution in [3.63, 3.8) is 0 Å². The fraction of sp³-hybridized carbons (Fsp3) is 0.467. The molecule has 1 saturated heterocycles. The molecule has 0 bridgehead atoms. The Labute approximate surface area is 123 Å². The first-order valence-corrected chi connectivity index (χ1v) is 6.91. The standard InChI is InChI=1S/C15H19N3O3/c1-3-18(13-8-21-9-14(13)19)15(20)17-12-5-4-10(2)11(6-12)7-16/h4-6,13-14,19H,3,8-9H2,1-2H3,(H,17,20)/t13-,14-/m1/s1. The Balaban J connectivity index is 2.11. The molecule has 112 valence electrons. The molecule has 2 amide bonds. The first-order chi connectivity index (χ1) is 10.1. The van der Waals surface area contributed by atoms with Crippen LogP contribution >= 0.6 is 0 Å². The van der Waals surface area contributed by atoms with Crippen molar-refractivity contribution in [2.24, 2.45) is 0 Å². The van der Waals surface area contributed by atoms with Crippen LogP contribution in [0.2, 0.25) is 0 Å². The van der Waals surface area contributed by atoms with Gasteiger partial charge in [0.1, 0.15) is 0 Å². The van der Waals surface area contributed by atoms with Crippen LogP contribution in [0.3, 0.4) is 0 Å². The highest BCUT2D eigenvalue weighted by atomic mass is 16.5. The second-order valence-electron chi connectivity index (χ2n) is 5.03. The van der Waals surface area contributed by atoms with Gasteiger partial charge in [-0.3, -0.25) is 0 Å². The van der Waals surface area contributed by atoms with Crippen LogP contribution in [0.4, 0.5) is 10.5 Å². The third-order valence-electron chi connectivity index (χ3n) is 3.63. The number of benzene rings is 1. The first kappa shape index (κ1) is 15.3. The Bertz CT molecular complexity index is 568. The Hall–Kier alpha value is -2.10. The average Bonchev–Trinajstić information content (AvgIpc) is 2.88. The third-order valence-corrected chi connectivity index (χ3v) is 3.63. The first-order valence-electron chi connectivity index (χ1n) is 6.91. The molecule has 0 aliphatic carbocycles. The maximum atomic E-state index is 12.3. The Morgan fingerprint density at radius 3 is 2.90 bits per heavy atom. The minimum atomic E-state index is -0.664. The number of anilines is 1. The number of hydrogen-bond donors (Lipinski definition) is 2. The summed E-state index contributed by atoms with van der Waals surface area (Å²) in [6, 6.07) is 6.63. The SMILES string of the molecule is CCN(C(=O)Nc1ccc(C)c(C#N)c1)[C@@H]1COC[C@H]1O. The van der Waals surface area contributed by atoms with Crippen LogP contribution in [0, 0.1) is 18.3 Å². The fourth-order valence-electron chi connectivity index (χ4n) is 2.37. The van der Waals surface area contributed by atoms with Crippen LogP contribution < -0.4 is 5.32 Å². The van der Waals surface area contributed by atoms with E-state index in [9.17, 15) is 9.90 Å². The average molecular weight is 289 g/mol. The van der Waals surface area contributed by atoms with Gasteiger partial charge in [0.25, 0.3) is 0 Å². The molecule has 1 fully saturated rings. The molecule has 6 heteroatoms. The zero-order chi connectivity index (χ0) is 15.4. The molecule has 1 aliphatic rings. The maximum Gasteiger partial charge on any atom is 0.322 e. The number of aryl methyl sites for hydroxylation is 1. The van der Waals surface area contributed by atoms with Crippen LogP contribution in [0.5, 0.6) is 0 Å². The molecule has 0 unspecified atom stereocenters. The van der Waals surface area contributed by atoms with Crippen LogP contribution in [0.25, 0.3) is 0 Å². The molecule has 2 rings (SSSR count). The van der Waals surface area contributed by atoms with Gasteiger partial charge in [-0.2, -0.15) is 5.26 Å². The van der Waals surface area contributed by atoms with Crippen molar-refractivity contribution in [1.29, 1.82) is 5.26 Å². The van der Waals surface area contributed by atoms with Crippen molar-refractivity contribution < 1.29 is 14.6 Å². The number of nitrogens with zero attached hydrogens (tertiary/aromatic N) is 2. The number of amides is 2. The van der Waals surface area contributed by atoms with Gasteiger partial charge < -0.3 is 20.1 Å². The molecule has 0 aromatic heterocycles. The molecule has 0 saturated carbocycles. The molecule has 6 nitrogen and oxygen atoms in total. The number of ether oxygens (including phenoxy) is 1. The lowest BCUT2D eigenvalue weighted by Crippen LogP contribution is -2.48.